The number of aromatic nitrogens is 2. The van der Waals surface area contributed by atoms with E-state index in [4.69, 9.17) is 0 Å². The lowest BCUT2D eigenvalue weighted by molar-refractivity contribution is -0.00535. The van der Waals surface area contributed by atoms with Crippen LogP contribution in [0.4, 0.5) is 0 Å². The van der Waals surface area contributed by atoms with Gasteiger partial charge < -0.3 is 10.0 Å². The van der Waals surface area contributed by atoms with Crippen LogP contribution in [0, 0.1) is 5.41 Å². The smallest absolute Gasteiger partial charge is 0.253 e. The summed E-state index contributed by atoms with van der Waals surface area (Å²) in [6, 6.07) is 7.71. The van der Waals surface area contributed by atoms with Crippen LogP contribution in [0.15, 0.2) is 36.7 Å². The summed E-state index contributed by atoms with van der Waals surface area (Å²) in [6.45, 7) is 1.46. The Bertz CT molecular complexity index is 728. The average molecular weight is 325 g/mol. The predicted octanol–water partition coefficient (Wildman–Crippen LogP) is 2.84. The first-order valence-electron chi connectivity index (χ1n) is 8.75. The van der Waals surface area contributed by atoms with Crippen molar-refractivity contribution in [2.24, 2.45) is 5.41 Å². The number of rotatable bonds is 2. The third kappa shape index (κ3) is 2.63. The summed E-state index contributed by atoms with van der Waals surface area (Å²) < 4.78 is 0. The second-order valence-electron chi connectivity index (χ2n) is 7.17. The summed E-state index contributed by atoms with van der Waals surface area (Å²) in [4.78, 5) is 14.9. The van der Waals surface area contributed by atoms with Gasteiger partial charge in [0.05, 0.1) is 12.3 Å². The number of aliphatic hydroxyl groups is 1. The van der Waals surface area contributed by atoms with Gasteiger partial charge in [-0.3, -0.25) is 9.89 Å². The summed E-state index contributed by atoms with van der Waals surface area (Å²) in [5.74, 6) is 0.0681. The number of nitrogens with one attached hydrogen (secondary N) is 1. The molecule has 1 saturated carbocycles. The number of carbonyl (C=O) groups excluding carboxylic acids is 1. The van der Waals surface area contributed by atoms with Crippen molar-refractivity contribution in [2.45, 2.75) is 38.2 Å². The molecule has 1 aromatic heterocycles. The number of hydrogen-bond acceptors (Lipinski definition) is 3. The minimum Gasteiger partial charge on any atom is -0.392 e. The van der Waals surface area contributed by atoms with Gasteiger partial charge in [-0.2, -0.15) is 5.10 Å². The van der Waals surface area contributed by atoms with Gasteiger partial charge in [-0.15, -0.1) is 0 Å². The van der Waals surface area contributed by atoms with Crippen LogP contribution >= 0.6 is 0 Å². The number of H-pyrrole nitrogens is 1. The van der Waals surface area contributed by atoms with Crippen molar-refractivity contribution in [1.29, 1.82) is 0 Å². The Morgan fingerprint density at radius 1 is 1.29 bits per heavy atom. The SMILES string of the molecule is O=C(c1cccc(-c2cn[nH]c2)c1)N1CCC[C@]2(CCC[C@H]2O)C1. The summed E-state index contributed by atoms with van der Waals surface area (Å²) in [5, 5.41) is 17.2. The van der Waals surface area contributed by atoms with Gasteiger partial charge in [-0.1, -0.05) is 18.6 Å². The van der Waals surface area contributed by atoms with Gasteiger partial charge in [0.15, 0.2) is 0 Å². The Kier molecular flexibility index (Phi) is 3.88. The van der Waals surface area contributed by atoms with E-state index in [-0.39, 0.29) is 17.4 Å². The molecule has 2 fully saturated rings. The van der Waals surface area contributed by atoms with Crippen molar-refractivity contribution in [2.75, 3.05) is 13.1 Å². The van der Waals surface area contributed by atoms with Crippen LogP contribution in [-0.4, -0.2) is 45.3 Å². The Morgan fingerprint density at radius 3 is 2.92 bits per heavy atom. The first-order chi connectivity index (χ1) is 11.7. The van der Waals surface area contributed by atoms with E-state index in [1.54, 1.807) is 6.20 Å². The molecule has 5 heteroatoms. The van der Waals surface area contributed by atoms with Gasteiger partial charge in [0.2, 0.25) is 0 Å². The van der Waals surface area contributed by atoms with Crippen LogP contribution in [0.25, 0.3) is 11.1 Å². The largest absolute Gasteiger partial charge is 0.392 e. The molecular weight excluding hydrogens is 302 g/mol. The zero-order valence-electron chi connectivity index (χ0n) is 13.7. The van der Waals surface area contributed by atoms with Crippen molar-refractivity contribution < 1.29 is 9.90 Å². The molecule has 1 spiro atoms. The lowest BCUT2D eigenvalue weighted by atomic mass is 9.76. The van der Waals surface area contributed by atoms with Crippen molar-refractivity contribution in [3.8, 4) is 11.1 Å². The number of amides is 1. The first kappa shape index (κ1) is 15.4. The summed E-state index contributed by atoms with van der Waals surface area (Å²) in [6.07, 6.45) is 8.31. The maximum absolute atomic E-state index is 13.0. The van der Waals surface area contributed by atoms with E-state index in [0.717, 1.165) is 49.8 Å². The molecule has 4 rings (SSSR count). The van der Waals surface area contributed by atoms with Gasteiger partial charge in [0, 0.05) is 35.8 Å². The zero-order chi connectivity index (χ0) is 16.6. The quantitative estimate of drug-likeness (QED) is 0.892. The highest BCUT2D eigenvalue weighted by atomic mass is 16.3. The molecule has 2 atom stereocenters. The molecule has 0 unspecified atom stereocenters. The molecular formula is C19H23N3O2. The Hall–Kier alpha value is -2.14. The summed E-state index contributed by atoms with van der Waals surface area (Å²) >= 11 is 0. The van der Waals surface area contributed by atoms with Gasteiger partial charge in [-0.05, 0) is 43.4 Å². The Labute approximate surface area is 141 Å². The van der Waals surface area contributed by atoms with E-state index in [2.05, 4.69) is 10.2 Å². The van der Waals surface area contributed by atoms with Crippen LogP contribution in [0.5, 0.6) is 0 Å². The molecule has 2 aromatic rings. The minimum atomic E-state index is -0.259. The van der Waals surface area contributed by atoms with Crippen molar-refractivity contribution in [3.05, 3.63) is 42.2 Å². The molecule has 2 N–H and O–H groups in total. The number of benzene rings is 1. The molecule has 1 aromatic carbocycles. The normalized spacial score (nSPS) is 26.9. The molecule has 1 aliphatic heterocycles. The van der Waals surface area contributed by atoms with Gasteiger partial charge in [0.25, 0.3) is 5.91 Å². The van der Waals surface area contributed by atoms with E-state index in [0.29, 0.717) is 12.1 Å². The topological polar surface area (TPSA) is 69.2 Å². The third-order valence-corrected chi connectivity index (χ3v) is 5.70. The summed E-state index contributed by atoms with van der Waals surface area (Å²) in [7, 11) is 0. The van der Waals surface area contributed by atoms with Crippen LogP contribution < -0.4 is 0 Å². The van der Waals surface area contributed by atoms with Crippen LogP contribution in [0.1, 0.15) is 42.5 Å². The van der Waals surface area contributed by atoms with Crippen LogP contribution in [0.2, 0.25) is 0 Å². The maximum Gasteiger partial charge on any atom is 0.253 e. The Morgan fingerprint density at radius 2 is 2.17 bits per heavy atom. The predicted molar refractivity (Wildman–Crippen MR) is 91.5 cm³/mol. The molecule has 24 heavy (non-hydrogen) atoms. The second-order valence-corrected chi connectivity index (χ2v) is 7.17. The first-order valence-corrected chi connectivity index (χ1v) is 8.75. The highest BCUT2D eigenvalue weighted by molar-refractivity contribution is 5.95. The van der Waals surface area contributed by atoms with E-state index in [9.17, 15) is 9.90 Å². The number of aliphatic hydroxyl groups excluding tert-OH is 1. The lowest BCUT2D eigenvalue weighted by Crippen LogP contribution is -2.49. The second kappa shape index (κ2) is 6.06. The highest BCUT2D eigenvalue weighted by Gasteiger charge is 2.45. The van der Waals surface area contributed by atoms with Gasteiger partial charge in [-0.25, -0.2) is 0 Å². The van der Waals surface area contributed by atoms with Gasteiger partial charge in [0.1, 0.15) is 0 Å². The maximum atomic E-state index is 13.0. The van der Waals surface area contributed by atoms with E-state index in [1.165, 1.54) is 0 Å². The van der Waals surface area contributed by atoms with E-state index in [1.807, 2.05) is 35.4 Å². The molecule has 1 amide bonds. The third-order valence-electron chi connectivity index (χ3n) is 5.70. The number of likely N-dealkylation sites (tertiary alicyclic amines) is 1. The monoisotopic (exact) mass is 325 g/mol. The standard InChI is InChI=1S/C19H23N3O2/c23-17-6-2-7-19(17)8-3-9-22(13-19)18(24)15-5-1-4-14(10-15)16-11-20-21-12-16/h1,4-5,10-12,17,23H,2-3,6-9,13H2,(H,20,21)/t17-,19-/m1/s1. The molecule has 2 aliphatic rings. The van der Waals surface area contributed by atoms with Crippen LogP contribution in [-0.2, 0) is 0 Å². The number of piperidine rings is 1. The molecule has 2 heterocycles. The fourth-order valence-corrected chi connectivity index (χ4v) is 4.35. The fourth-order valence-electron chi connectivity index (χ4n) is 4.35. The average Bonchev–Trinajstić information content (AvgIpc) is 3.26. The minimum absolute atomic E-state index is 0.0681. The van der Waals surface area contributed by atoms with E-state index < -0.39 is 0 Å². The number of hydrogen-bond donors (Lipinski definition) is 2. The molecule has 1 aliphatic carbocycles. The molecule has 0 radical (unpaired) electrons. The van der Waals surface area contributed by atoms with Gasteiger partial charge >= 0.3 is 0 Å². The van der Waals surface area contributed by atoms with E-state index >= 15 is 0 Å². The van der Waals surface area contributed by atoms with Crippen molar-refractivity contribution in [3.63, 3.8) is 0 Å². The number of aromatic amines is 1. The fraction of sp³-hybridized carbons (Fsp3) is 0.474. The van der Waals surface area contributed by atoms with Crippen molar-refractivity contribution in [1.82, 2.24) is 15.1 Å². The molecule has 0 bridgehead atoms. The Balaban J connectivity index is 1.56. The molecule has 1 saturated heterocycles. The molecule has 126 valence electrons. The lowest BCUT2D eigenvalue weighted by Gasteiger charge is -2.42. The zero-order valence-corrected chi connectivity index (χ0v) is 13.7. The summed E-state index contributed by atoms with van der Waals surface area (Å²) in [5.41, 5.74) is 2.60. The van der Waals surface area contributed by atoms with Crippen molar-refractivity contribution >= 4 is 5.91 Å². The number of nitrogens with zero attached hydrogens (tertiary/aromatic N) is 2. The van der Waals surface area contributed by atoms with Crippen LogP contribution in [0.3, 0.4) is 0 Å². The highest BCUT2D eigenvalue weighted by Crippen LogP contribution is 2.45. The molecule has 5 nitrogen and oxygen atoms in total. The number of carbonyl (C=O) groups is 1.